The smallest absolute Gasteiger partial charge is 0.257 e. The maximum absolute atomic E-state index is 12.9. The van der Waals surface area contributed by atoms with Crippen LogP contribution in [0.5, 0.6) is 17.2 Å². The third kappa shape index (κ3) is 4.76. The van der Waals surface area contributed by atoms with Crippen molar-refractivity contribution >= 4 is 50.8 Å². The molecule has 0 atom stereocenters. The highest BCUT2D eigenvalue weighted by atomic mass is 32.1. The molecule has 9 heteroatoms. The van der Waals surface area contributed by atoms with E-state index in [0.717, 1.165) is 21.9 Å². The molecular formula is C28H23N3O5S. The molecule has 0 saturated heterocycles. The van der Waals surface area contributed by atoms with Crippen LogP contribution in [0.15, 0.2) is 77.2 Å². The highest BCUT2D eigenvalue weighted by Gasteiger charge is 2.18. The number of hydrogen-bond donors (Lipinski definition) is 2. The van der Waals surface area contributed by atoms with Crippen molar-refractivity contribution in [3.05, 3.63) is 78.4 Å². The second-order valence-corrected chi connectivity index (χ2v) is 8.46. The van der Waals surface area contributed by atoms with Gasteiger partial charge in [0.1, 0.15) is 5.52 Å². The largest absolute Gasteiger partial charge is 0.493 e. The average Bonchev–Trinajstić information content (AvgIpc) is 3.37. The molecule has 0 aliphatic rings. The van der Waals surface area contributed by atoms with Gasteiger partial charge in [-0.15, -0.1) is 0 Å². The minimum absolute atomic E-state index is 0.125. The summed E-state index contributed by atoms with van der Waals surface area (Å²) < 4.78 is 22.0. The molecule has 2 N–H and O–H groups in total. The van der Waals surface area contributed by atoms with Crippen LogP contribution in [0, 0.1) is 0 Å². The van der Waals surface area contributed by atoms with E-state index in [9.17, 15) is 4.79 Å². The lowest BCUT2D eigenvalue weighted by Gasteiger charge is -2.14. The van der Waals surface area contributed by atoms with E-state index >= 15 is 0 Å². The molecule has 5 aromatic rings. The maximum atomic E-state index is 12.9. The molecule has 186 valence electrons. The number of benzene rings is 4. The van der Waals surface area contributed by atoms with Crippen molar-refractivity contribution in [3.63, 3.8) is 0 Å². The van der Waals surface area contributed by atoms with Crippen LogP contribution in [0.4, 0.5) is 5.69 Å². The van der Waals surface area contributed by atoms with Gasteiger partial charge in [-0.1, -0.05) is 36.4 Å². The topological polar surface area (TPSA) is 94.9 Å². The van der Waals surface area contributed by atoms with Gasteiger partial charge in [0.15, 0.2) is 22.2 Å². The van der Waals surface area contributed by atoms with E-state index in [1.54, 1.807) is 12.1 Å². The van der Waals surface area contributed by atoms with Gasteiger partial charge in [0, 0.05) is 22.2 Å². The van der Waals surface area contributed by atoms with E-state index in [1.807, 2.05) is 60.7 Å². The fourth-order valence-electron chi connectivity index (χ4n) is 4.06. The van der Waals surface area contributed by atoms with Gasteiger partial charge in [0.05, 0.1) is 21.3 Å². The average molecular weight is 514 g/mol. The molecule has 37 heavy (non-hydrogen) atoms. The van der Waals surface area contributed by atoms with E-state index < -0.39 is 5.91 Å². The molecule has 8 nitrogen and oxygen atoms in total. The second kappa shape index (κ2) is 10.2. The monoisotopic (exact) mass is 513 g/mol. The van der Waals surface area contributed by atoms with Crippen molar-refractivity contribution in [2.24, 2.45) is 0 Å². The molecule has 1 amide bonds. The van der Waals surface area contributed by atoms with Crippen LogP contribution >= 0.6 is 12.2 Å². The van der Waals surface area contributed by atoms with Crippen molar-refractivity contribution in [2.75, 3.05) is 26.6 Å². The second-order valence-electron chi connectivity index (χ2n) is 8.06. The van der Waals surface area contributed by atoms with Crippen molar-refractivity contribution in [1.82, 2.24) is 10.3 Å². The first-order valence-corrected chi connectivity index (χ1v) is 11.7. The number of amides is 1. The van der Waals surface area contributed by atoms with Crippen LogP contribution in [-0.2, 0) is 0 Å². The number of oxazole rings is 1. The molecular weight excluding hydrogens is 490 g/mol. The lowest BCUT2D eigenvalue weighted by Crippen LogP contribution is -2.34. The van der Waals surface area contributed by atoms with E-state index in [4.69, 9.17) is 35.8 Å². The molecule has 5 rings (SSSR count). The molecule has 1 heterocycles. The van der Waals surface area contributed by atoms with Crippen LogP contribution in [-0.4, -0.2) is 37.3 Å². The molecule has 0 unspecified atom stereocenters. The summed E-state index contributed by atoms with van der Waals surface area (Å²) >= 11 is 5.38. The molecule has 0 fully saturated rings. The fourth-order valence-corrected chi connectivity index (χ4v) is 4.28. The minimum atomic E-state index is -0.432. The summed E-state index contributed by atoms with van der Waals surface area (Å²) in [7, 11) is 4.46. The molecule has 0 radical (unpaired) electrons. The van der Waals surface area contributed by atoms with Gasteiger partial charge in [-0.25, -0.2) is 4.98 Å². The third-order valence-electron chi connectivity index (χ3n) is 5.80. The third-order valence-corrected chi connectivity index (χ3v) is 6.01. The van der Waals surface area contributed by atoms with E-state index in [1.165, 1.54) is 21.3 Å². The molecule has 0 saturated carbocycles. The Hall–Kier alpha value is -4.63. The SMILES string of the molecule is COc1cc(C(=O)NC(=S)Nc2cccc(-c3nc4c(ccc5ccccc54)o3)c2)cc(OC)c1OC. The summed E-state index contributed by atoms with van der Waals surface area (Å²) in [6.07, 6.45) is 0. The lowest BCUT2D eigenvalue weighted by molar-refractivity contribution is 0.0977. The molecule has 4 aromatic carbocycles. The van der Waals surface area contributed by atoms with Gasteiger partial charge >= 0.3 is 0 Å². The number of anilines is 1. The highest BCUT2D eigenvalue weighted by Crippen LogP contribution is 2.38. The Balaban J connectivity index is 1.34. The van der Waals surface area contributed by atoms with Crippen molar-refractivity contribution in [3.8, 4) is 28.7 Å². The standard InChI is InChI=1S/C28H23N3O5S/c1-33-22-14-18(15-23(34-2)25(22)35-3)26(32)31-28(37)29-19-9-6-8-17(13-19)27-30-24-20-10-5-4-7-16(20)11-12-21(24)36-27/h4-15H,1-3H3,(H2,29,31,32,37). The number of thiocarbonyl (C=S) groups is 1. The summed E-state index contributed by atoms with van der Waals surface area (Å²) in [5.74, 6) is 1.18. The number of nitrogens with one attached hydrogen (secondary N) is 2. The molecule has 1 aromatic heterocycles. The number of rotatable bonds is 6. The van der Waals surface area contributed by atoms with Gasteiger partial charge in [-0.05, 0) is 54.0 Å². The number of aromatic nitrogens is 1. The highest BCUT2D eigenvalue weighted by molar-refractivity contribution is 7.80. The Kier molecular flexibility index (Phi) is 6.61. The van der Waals surface area contributed by atoms with Gasteiger partial charge in [0.25, 0.3) is 5.91 Å². The number of fused-ring (bicyclic) bond motifs is 3. The lowest BCUT2D eigenvalue weighted by atomic mass is 10.1. The molecule has 0 aliphatic heterocycles. The van der Waals surface area contributed by atoms with E-state index in [0.29, 0.717) is 40.0 Å². The maximum Gasteiger partial charge on any atom is 0.257 e. The Morgan fingerprint density at radius 1 is 0.892 bits per heavy atom. The van der Waals surface area contributed by atoms with Gasteiger partial charge in [-0.2, -0.15) is 0 Å². The quantitative estimate of drug-likeness (QED) is 0.275. The number of carbonyl (C=O) groups excluding carboxylic acids is 1. The Morgan fingerprint density at radius 2 is 1.65 bits per heavy atom. The molecule has 0 aliphatic carbocycles. The van der Waals surface area contributed by atoms with Crippen molar-refractivity contribution < 1.29 is 23.4 Å². The first-order valence-electron chi connectivity index (χ1n) is 11.3. The zero-order valence-electron chi connectivity index (χ0n) is 20.3. The first-order chi connectivity index (χ1) is 18.0. The van der Waals surface area contributed by atoms with Crippen LogP contribution in [0.1, 0.15) is 10.4 Å². The van der Waals surface area contributed by atoms with E-state index in [2.05, 4.69) is 10.6 Å². The molecule has 0 bridgehead atoms. The van der Waals surface area contributed by atoms with Gasteiger partial charge in [-0.3, -0.25) is 10.1 Å². The zero-order valence-corrected chi connectivity index (χ0v) is 21.1. The fraction of sp³-hybridized carbons (Fsp3) is 0.107. The number of carbonyl (C=O) groups is 1. The number of hydrogen-bond acceptors (Lipinski definition) is 7. The van der Waals surface area contributed by atoms with Gasteiger partial charge < -0.3 is 23.9 Å². The first kappa shape index (κ1) is 24.1. The normalized spacial score (nSPS) is 10.8. The number of ether oxygens (including phenoxy) is 3. The Labute approximate surface area is 218 Å². The van der Waals surface area contributed by atoms with Crippen LogP contribution in [0.25, 0.3) is 33.3 Å². The summed E-state index contributed by atoms with van der Waals surface area (Å²) in [6.45, 7) is 0. The van der Waals surface area contributed by atoms with Crippen LogP contribution in [0.2, 0.25) is 0 Å². The van der Waals surface area contributed by atoms with Gasteiger partial charge in [0.2, 0.25) is 11.6 Å². The summed E-state index contributed by atoms with van der Waals surface area (Å²) in [4.78, 5) is 17.6. The summed E-state index contributed by atoms with van der Waals surface area (Å²) in [5, 5.41) is 7.96. The predicted molar refractivity (Wildman–Crippen MR) is 147 cm³/mol. The van der Waals surface area contributed by atoms with Crippen molar-refractivity contribution in [1.29, 1.82) is 0 Å². The number of methoxy groups -OCH3 is 3. The van der Waals surface area contributed by atoms with Crippen LogP contribution < -0.4 is 24.8 Å². The Morgan fingerprint density at radius 3 is 2.38 bits per heavy atom. The van der Waals surface area contributed by atoms with E-state index in [-0.39, 0.29) is 5.11 Å². The summed E-state index contributed by atoms with van der Waals surface area (Å²) in [5.41, 5.74) is 3.25. The van der Waals surface area contributed by atoms with Crippen LogP contribution in [0.3, 0.4) is 0 Å². The van der Waals surface area contributed by atoms with Crippen molar-refractivity contribution in [2.45, 2.75) is 0 Å². The number of nitrogens with zero attached hydrogens (tertiary/aromatic N) is 1. The predicted octanol–water partition coefficient (Wildman–Crippen LogP) is 5.80. The summed E-state index contributed by atoms with van der Waals surface area (Å²) in [6, 6.07) is 22.5. The Bertz CT molecular complexity index is 1620. The molecule has 0 spiro atoms. The minimum Gasteiger partial charge on any atom is -0.493 e. The zero-order chi connectivity index (χ0) is 25.9.